The molecule has 0 radical (unpaired) electrons. The first-order valence-electron chi connectivity index (χ1n) is 6.19. The number of hydrogen-bond donors (Lipinski definition) is 1. The minimum Gasteiger partial charge on any atom is -0.381 e. The normalized spacial score (nSPS) is 42.6. The molecular weight excluding hydrogens is 188 g/mol. The molecule has 1 saturated heterocycles. The molecule has 0 spiro atoms. The highest BCUT2D eigenvalue weighted by molar-refractivity contribution is 4.96. The molecule has 0 aromatic carbocycles. The van der Waals surface area contributed by atoms with E-state index in [1.165, 1.54) is 32.4 Å². The van der Waals surface area contributed by atoms with Gasteiger partial charge < -0.3 is 10.1 Å². The quantitative estimate of drug-likeness (QED) is 0.762. The third kappa shape index (κ3) is 2.35. The van der Waals surface area contributed by atoms with E-state index in [2.05, 4.69) is 24.1 Å². The number of nitrogens with one attached hydrogen (secondary N) is 1. The van der Waals surface area contributed by atoms with Gasteiger partial charge in [-0.1, -0.05) is 6.92 Å². The van der Waals surface area contributed by atoms with Gasteiger partial charge in [-0.25, -0.2) is 0 Å². The maximum atomic E-state index is 5.34. The Morgan fingerprint density at radius 2 is 2.20 bits per heavy atom. The van der Waals surface area contributed by atoms with Crippen molar-refractivity contribution < 1.29 is 4.74 Å². The van der Waals surface area contributed by atoms with Crippen LogP contribution in [0.4, 0.5) is 0 Å². The third-order valence-corrected chi connectivity index (χ3v) is 4.20. The Kier molecular flexibility index (Phi) is 3.33. The van der Waals surface area contributed by atoms with E-state index in [1.807, 2.05) is 7.11 Å². The van der Waals surface area contributed by atoms with Crippen molar-refractivity contribution >= 4 is 0 Å². The number of methoxy groups -OCH3 is 1. The lowest BCUT2D eigenvalue weighted by molar-refractivity contribution is -0.0422. The summed E-state index contributed by atoms with van der Waals surface area (Å²) >= 11 is 0. The van der Waals surface area contributed by atoms with Gasteiger partial charge in [-0.2, -0.15) is 0 Å². The molecule has 2 aliphatic rings. The smallest absolute Gasteiger partial charge is 0.0601 e. The zero-order valence-electron chi connectivity index (χ0n) is 10.3. The summed E-state index contributed by atoms with van der Waals surface area (Å²) in [5, 5.41) is 3.63. The van der Waals surface area contributed by atoms with Crippen LogP contribution in [-0.2, 0) is 4.74 Å². The minimum absolute atomic E-state index is 0.330. The van der Waals surface area contributed by atoms with Crippen LogP contribution < -0.4 is 5.32 Å². The largest absolute Gasteiger partial charge is 0.381 e. The van der Waals surface area contributed by atoms with Gasteiger partial charge in [0.15, 0.2) is 0 Å². The van der Waals surface area contributed by atoms with Crippen LogP contribution in [0.1, 0.15) is 33.1 Å². The number of ether oxygens (including phenoxy) is 1. The Morgan fingerprint density at radius 1 is 1.47 bits per heavy atom. The van der Waals surface area contributed by atoms with E-state index < -0.39 is 0 Å². The van der Waals surface area contributed by atoms with Crippen molar-refractivity contribution in [3.63, 3.8) is 0 Å². The molecule has 0 aromatic heterocycles. The Bertz CT molecular complexity index is 216. The summed E-state index contributed by atoms with van der Waals surface area (Å²) in [6, 6.07) is 0.780. The van der Waals surface area contributed by atoms with Gasteiger partial charge in [0.25, 0.3) is 0 Å². The Balaban J connectivity index is 1.84. The fourth-order valence-corrected chi connectivity index (χ4v) is 2.66. The fraction of sp³-hybridized carbons (Fsp3) is 1.00. The number of hydrogen-bond acceptors (Lipinski definition) is 3. The van der Waals surface area contributed by atoms with E-state index in [0.29, 0.717) is 11.6 Å². The van der Waals surface area contributed by atoms with Crippen LogP contribution >= 0.6 is 0 Å². The molecule has 1 heterocycles. The molecule has 1 N–H and O–H groups in total. The van der Waals surface area contributed by atoms with Gasteiger partial charge in [-0.05, 0) is 26.2 Å². The summed E-state index contributed by atoms with van der Waals surface area (Å²) in [6.45, 7) is 8.15. The van der Waals surface area contributed by atoms with Crippen molar-refractivity contribution in [2.45, 2.75) is 50.8 Å². The first-order chi connectivity index (χ1) is 7.17. The van der Waals surface area contributed by atoms with Crippen LogP contribution in [0.3, 0.4) is 0 Å². The summed E-state index contributed by atoms with van der Waals surface area (Å²) in [4.78, 5) is 2.65. The van der Waals surface area contributed by atoms with E-state index in [1.54, 1.807) is 0 Å². The molecule has 0 bridgehead atoms. The van der Waals surface area contributed by atoms with Crippen molar-refractivity contribution in [2.75, 3.05) is 26.7 Å². The zero-order valence-corrected chi connectivity index (χ0v) is 10.3. The summed E-state index contributed by atoms with van der Waals surface area (Å²) in [5.41, 5.74) is 0.330. The molecule has 1 aliphatic heterocycles. The summed E-state index contributed by atoms with van der Waals surface area (Å²) in [6.07, 6.45) is 4.20. The van der Waals surface area contributed by atoms with Crippen LogP contribution in [0, 0.1) is 0 Å². The van der Waals surface area contributed by atoms with Crippen LogP contribution in [0.5, 0.6) is 0 Å². The molecule has 3 heteroatoms. The third-order valence-electron chi connectivity index (χ3n) is 4.20. The lowest BCUT2D eigenvalue weighted by Crippen LogP contribution is -2.63. The van der Waals surface area contributed by atoms with Crippen molar-refractivity contribution in [2.24, 2.45) is 0 Å². The highest BCUT2D eigenvalue weighted by Gasteiger charge is 2.38. The molecule has 0 amide bonds. The van der Waals surface area contributed by atoms with Crippen molar-refractivity contribution in [1.29, 1.82) is 0 Å². The molecular formula is C12H24N2O. The van der Waals surface area contributed by atoms with E-state index >= 15 is 0 Å². The van der Waals surface area contributed by atoms with Gasteiger partial charge in [-0.3, -0.25) is 4.90 Å². The van der Waals surface area contributed by atoms with Gasteiger partial charge in [-0.15, -0.1) is 0 Å². The predicted octanol–water partition coefficient (Wildman–Crippen LogP) is 1.24. The SMILES string of the molecule is CCC1(C)CN(C2CC(OC)C2)CCN1. The standard InChI is InChI=1S/C12H24N2O/c1-4-12(2)9-14(6-5-13-12)10-7-11(8-10)15-3/h10-11,13H,4-9H2,1-3H3. The number of rotatable bonds is 3. The Hall–Kier alpha value is -0.120. The molecule has 3 nitrogen and oxygen atoms in total. The highest BCUT2D eigenvalue weighted by Crippen LogP contribution is 2.30. The fourth-order valence-electron chi connectivity index (χ4n) is 2.66. The number of piperazine rings is 1. The molecule has 1 aliphatic carbocycles. The van der Waals surface area contributed by atoms with Crippen LogP contribution in [0.25, 0.3) is 0 Å². The molecule has 2 rings (SSSR count). The van der Waals surface area contributed by atoms with Gasteiger partial charge in [0.05, 0.1) is 6.10 Å². The average Bonchev–Trinajstić information content (AvgIpc) is 2.17. The second kappa shape index (κ2) is 4.40. The molecule has 88 valence electrons. The zero-order chi connectivity index (χ0) is 10.9. The molecule has 0 aromatic rings. The topological polar surface area (TPSA) is 24.5 Å². The molecule has 1 atom stereocenters. The van der Waals surface area contributed by atoms with Gasteiger partial charge >= 0.3 is 0 Å². The lowest BCUT2D eigenvalue weighted by Gasteiger charge is -2.49. The van der Waals surface area contributed by atoms with Gasteiger partial charge in [0.1, 0.15) is 0 Å². The van der Waals surface area contributed by atoms with Crippen LogP contribution in [0.15, 0.2) is 0 Å². The first kappa shape index (κ1) is 11.4. The average molecular weight is 212 g/mol. The summed E-state index contributed by atoms with van der Waals surface area (Å²) in [7, 11) is 1.83. The molecule has 2 fully saturated rings. The van der Waals surface area contributed by atoms with Crippen LogP contribution in [0.2, 0.25) is 0 Å². The Morgan fingerprint density at radius 3 is 2.80 bits per heavy atom. The molecule has 1 saturated carbocycles. The summed E-state index contributed by atoms with van der Waals surface area (Å²) < 4.78 is 5.34. The molecule has 15 heavy (non-hydrogen) atoms. The maximum Gasteiger partial charge on any atom is 0.0601 e. The number of nitrogens with zero attached hydrogens (tertiary/aromatic N) is 1. The molecule has 1 unspecified atom stereocenters. The van der Waals surface area contributed by atoms with Crippen molar-refractivity contribution in [1.82, 2.24) is 10.2 Å². The van der Waals surface area contributed by atoms with E-state index in [-0.39, 0.29) is 0 Å². The Labute approximate surface area is 93.2 Å². The van der Waals surface area contributed by atoms with E-state index in [9.17, 15) is 0 Å². The minimum atomic E-state index is 0.330. The van der Waals surface area contributed by atoms with Gasteiger partial charge in [0.2, 0.25) is 0 Å². The highest BCUT2D eigenvalue weighted by atomic mass is 16.5. The monoisotopic (exact) mass is 212 g/mol. The first-order valence-corrected chi connectivity index (χ1v) is 6.19. The van der Waals surface area contributed by atoms with Crippen LogP contribution in [-0.4, -0.2) is 49.3 Å². The van der Waals surface area contributed by atoms with E-state index in [0.717, 1.165) is 12.6 Å². The second-order valence-electron chi connectivity index (χ2n) is 5.29. The van der Waals surface area contributed by atoms with Gasteiger partial charge in [0, 0.05) is 38.3 Å². The van der Waals surface area contributed by atoms with Crippen molar-refractivity contribution in [3.05, 3.63) is 0 Å². The predicted molar refractivity (Wildman–Crippen MR) is 62.1 cm³/mol. The maximum absolute atomic E-state index is 5.34. The summed E-state index contributed by atoms with van der Waals surface area (Å²) in [5.74, 6) is 0. The lowest BCUT2D eigenvalue weighted by atomic mass is 9.85. The second-order valence-corrected chi connectivity index (χ2v) is 5.29. The van der Waals surface area contributed by atoms with Crippen molar-refractivity contribution in [3.8, 4) is 0 Å². The van der Waals surface area contributed by atoms with E-state index in [4.69, 9.17) is 4.74 Å².